The van der Waals surface area contributed by atoms with E-state index in [-0.39, 0.29) is 17.8 Å². The summed E-state index contributed by atoms with van der Waals surface area (Å²) in [6, 6.07) is 2.00. The summed E-state index contributed by atoms with van der Waals surface area (Å²) in [7, 11) is 1.51. The van der Waals surface area contributed by atoms with E-state index in [1.807, 2.05) is 6.92 Å². The van der Waals surface area contributed by atoms with Crippen LogP contribution in [0.5, 0.6) is 6.01 Å². The Morgan fingerprint density at radius 2 is 2.39 bits per heavy atom. The standard InChI is InChI=1S/C12H18N4O2/c1-8-6-10(16-12(14-8)18-2)15-11(17)9-4-3-5-13-7-9/h6,9,13H,3-5,7H2,1-2H3,(H,14,15,16,17). The van der Waals surface area contributed by atoms with Crippen molar-refractivity contribution < 1.29 is 9.53 Å². The number of anilines is 1. The summed E-state index contributed by atoms with van der Waals surface area (Å²) in [5.41, 5.74) is 0.763. The topological polar surface area (TPSA) is 76.1 Å². The van der Waals surface area contributed by atoms with Gasteiger partial charge in [-0.15, -0.1) is 0 Å². The van der Waals surface area contributed by atoms with Crippen molar-refractivity contribution in [1.82, 2.24) is 15.3 Å². The highest BCUT2D eigenvalue weighted by Crippen LogP contribution is 2.15. The van der Waals surface area contributed by atoms with Crippen LogP contribution in [0.4, 0.5) is 5.82 Å². The molecule has 1 aliphatic rings. The second-order valence-corrected chi connectivity index (χ2v) is 4.41. The molecule has 98 valence electrons. The second-order valence-electron chi connectivity index (χ2n) is 4.41. The lowest BCUT2D eigenvalue weighted by Crippen LogP contribution is -2.37. The van der Waals surface area contributed by atoms with Gasteiger partial charge in [-0.2, -0.15) is 4.98 Å². The Kier molecular flexibility index (Phi) is 4.09. The molecule has 18 heavy (non-hydrogen) atoms. The quantitative estimate of drug-likeness (QED) is 0.827. The van der Waals surface area contributed by atoms with Gasteiger partial charge in [0.1, 0.15) is 5.82 Å². The number of nitrogens with zero attached hydrogens (tertiary/aromatic N) is 2. The lowest BCUT2D eigenvalue weighted by molar-refractivity contribution is -0.120. The number of rotatable bonds is 3. The number of carbonyl (C=O) groups excluding carboxylic acids is 1. The summed E-state index contributed by atoms with van der Waals surface area (Å²) in [6.45, 7) is 3.55. The van der Waals surface area contributed by atoms with Gasteiger partial charge in [-0.3, -0.25) is 4.79 Å². The maximum Gasteiger partial charge on any atom is 0.318 e. The van der Waals surface area contributed by atoms with Gasteiger partial charge in [0.25, 0.3) is 0 Å². The van der Waals surface area contributed by atoms with E-state index in [1.165, 1.54) is 7.11 Å². The normalized spacial score (nSPS) is 19.3. The fraction of sp³-hybridized carbons (Fsp3) is 0.583. The SMILES string of the molecule is COc1nc(C)cc(NC(=O)C2CCCNC2)n1. The Morgan fingerprint density at radius 1 is 1.56 bits per heavy atom. The van der Waals surface area contributed by atoms with E-state index in [9.17, 15) is 4.79 Å². The summed E-state index contributed by atoms with van der Waals surface area (Å²) < 4.78 is 4.98. The molecule has 0 radical (unpaired) electrons. The number of carbonyl (C=O) groups is 1. The van der Waals surface area contributed by atoms with Gasteiger partial charge < -0.3 is 15.4 Å². The van der Waals surface area contributed by atoms with Crippen LogP contribution in [0.1, 0.15) is 18.5 Å². The highest BCUT2D eigenvalue weighted by atomic mass is 16.5. The number of methoxy groups -OCH3 is 1. The lowest BCUT2D eigenvalue weighted by atomic mass is 9.99. The number of piperidine rings is 1. The van der Waals surface area contributed by atoms with Gasteiger partial charge in [-0.25, -0.2) is 4.98 Å². The first kappa shape index (κ1) is 12.8. The molecule has 0 aromatic carbocycles. The van der Waals surface area contributed by atoms with Gasteiger partial charge in [-0.1, -0.05) is 0 Å². The minimum absolute atomic E-state index is 0.00218. The van der Waals surface area contributed by atoms with E-state index < -0.39 is 0 Å². The number of hydrogen-bond donors (Lipinski definition) is 2. The molecule has 1 aromatic rings. The molecular formula is C12H18N4O2. The van der Waals surface area contributed by atoms with E-state index in [0.29, 0.717) is 5.82 Å². The lowest BCUT2D eigenvalue weighted by Gasteiger charge is -2.21. The van der Waals surface area contributed by atoms with Crippen molar-refractivity contribution in [2.24, 2.45) is 5.92 Å². The van der Waals surface area contributed by atoms with Crippen LogP contribution >= 0.6 is 0 Å². The van der Waals surface area contributed by atoms with Crippen LogP contribution in [0.15, 0.2) is 6.07 Å². The fourth-order valence-corrected chi connectivity index (χ4v) is 2.00. The van der Waals surface area contributed by atoms with Gasteiger partial charge in [0.15, 0.2) is 0 Å². The van der Waals surface area contributed by atoms with E-state index in [4.69, 9.17) is 4.74 Å². The zero-order chi connectivity index (χ0) is 13.0. The van der Waals surface area contributed by atoms with Gasteiger partial charge in [0, 0.05) is 18.3 Å². The number of amides is 1. The second kappa shape index (κ2) is 5.77. The average Bonchev–Trinajstić information content (AvgIpc) is 2.39. The van der Waals surface area contributed by atoms with Crippen molar-refractivity contribution in [2.45, 2.75) is 19.8 Å². The molecule has 0 aliphatic carbocycles. The van der Waals surface area contributed by atoms with Crippen molar-refractivity contribution >= 4 is 11.7 Å². The Balaban J connectivity index is 2.03. The first-order valence-electron chi connectivity index (χ1n) is 6.10. The molecule has 0 saturated carbocycles. The third kappa shape index (κ3) is 3.16. The molecule has 0 bridgehead atoms. The van der Waals surface area contributed by atoms with Crippen LogP contribution in [-0.4, -0.2) is 36.1 Å². The van der Waals surface area contributed by atoms with Gasteiger partial charge in [0.05, 0.1) is 13.0 Å². The van der Waals surface area contributed by atoms with Gasteiger partial charge >= 0.3 is 6.01 Å². The number of nitrogens with one attached hydrogen (secondary N) is 2. The maximum atomic E-state index is 12.0. The predicted molar refractivity (Wildman–Crippen MR) is 67.5 cm³/mol. The molecular weight excluding hydrogens is 232 g/mol. The van der Waals surface area contributed by atoms with Gasteiger partial charge in [-0.05, 0) is 26.3 Å². The third-order valence-electron chi connectivity index (χ3n) is 2.94. The van der Waals surface area contributed by atoms with Crippen molar-refractivity contribution in [3.63, 3.8) is 0 Å². The van der Waals surface area contributed by atoms with Crippen molar-refractivity contribution in [2.75, 3.05) is 25.5 Å². The van der Waals surface area contributed by atoms with Crippen LogP contribution in [-0.2, 0) is 4.79 Å². The fourth-order valence-electron chi connectivity index (χ4n) is 2.00. The van der Waals surface area contributed by atoms with Crippen LogP contribution in [0, 0.1) is 12.8 Å². The van der Waals surface area contributed by atoms with Crippen molar-refractivity contribution in [3.8, 4) is 6.01 Å². The molecule has 1 fully saturated rings. The molecule has 2 N–H and O–H groups in total. The van der Waals surface area contributed by atoms with E-state index in [1.54, 1.807) is 6.07 Å². The predicted octanol–water partition coefficient (Wildman–Crippen LogP) is 0.732. The molecule has 2 heterocycles. The van der Waals surface area contributed by atoms with Gasteiger partial charge in [0.2, 0.25) is 5.91 Å². The highest BCUT2D eigenvalue weighted by molar-refractivity contribution is 5.91. The summed E-state index contributed by atoms with van der Waals surface area (Å²) in [5.74, 6) is 0.511. The third-order valence-corrected chi connectivity index (χ3v) is 2.94. The minimum atomic E-state index is 0.00218. The molecule has 1 aromatic heterocycles. The molecule has 1 atom stereocenters. The zero-order valence-corrected chi connectivity index (χ0v) is 10.7. The molecule has 1 amide bonds. The number of ether oxygens (including phenoxy) is 1. The molecule has 1 unspecified atom stereocenters. The zero-order valence-electron chi connectivity index (χ0n) is 10.7. The monoisotopic (exact) mass is 250 g/mol. The van der Waals surface area contributed by atoms with Crippen LogP contribution < -0.4 is 15.4 Å². The largest absolute Gasteiger partial charge is 0.467 e. The highest BCUT2D eigenvalue weighted by Gasteiger charge is 2.21. The number of hydrogen-bond acceptors (Lipinski definition) is 5. The first-order valence-corrected chi connectivity index (χ1v) is 6.10. The average molecular weight is 250 g/mol. The van der Waals surface area contributed by atoms with Crippen LogP contribution in [0.25, 0.3) is 0 Å². The number of aryl methyl sites for hydroxylation is 1. The summed E-state index contributed by atoms with van der Waals surface area (Å²) >= 11 is 0. The Labute approximate surface area is 106 Å². The molecule has 2 rings (SSSR count). The van der Waals surface area contributed by atoms with Crippen molar-refractivity contribution in [3.05, 3.63) is 11.8 Å². The first-order chi connectivity index (χ1) is 8.69. The number of aromatic nitrogens is 2. The smallest absolute Gasteiger partial charge is 0.318 e. The molecule has 6 heteroatoms. The Morgan fingerprint density at radius 3 is 3.06 bits per heavy atom. The summed E-state index contributed by atoms with van der Waals surface area (Å²) in [4.78, 5) is 20.2. The summed E-state index contributed by atoms with van der Waals surface area (Å²) in [6.07, 6.45) is 1.95. The maximum absolute atomic E-state index is 12.0. The Hall–Kier alpha value is -1.69. The minimum Gasteiger partial charge on any atom is -0.467 e. The molecule has 1 aliphatic heterocycles. The summed E-state index contributed by atoms with van der Waals surface area (Å²) in [5, 5.41) is 6.03. The van der Waals surface area contributed by atoms with E-state index >= 15 is 0 Å². The molecule has 0 spiro atoms. The Bertz CT molecular complexity index is 430. The van der Waals surface area contributed by atoms with Crippen LogP contribution in [0.2, 0.25) is 0 Å². The van der Waals surface area contributed by atoms with E-state index in [0.717, 1.165) is 31.6 Å². The van der Waals surface area contributed by atoms with E-state index in [2.05, 4.69) is 20.6 Å². The molecule has 1 saturated heterocycles. The molecule has 6 nitrogen and oxygen atoms in total. The van der Waals surface area contributed by atoms with Crippen molar-refractivity contribution in [1.29, 1.82) is 0 Å². The van der Waals surface area contributed by atoms with Crippen LogP contribution in [0.3, 0.4) is 0 Å².